The van der Waals surface area contributed by atoms with Crippen LogP contribution in [-0.2, 0) is 9.59 Å². The Bertz CT molecular complexity index is 652. The van der Waals surface area contributed by atoms with Gasteiger partial charge in [-0.2, -0.15) is 0 Å². The Hall–Kier alpha value is -1.84. The average molecular weight is 345 g/mol. The molecule has 0 aromatic heterocycles. The first-order chi connectivity index (χ1) is 11.4. The average Bonchev–Trinajstić information content (AvgIpc) is 3.30. The minimum Gasteiger partial charge on any atom is -0.497 e. The largest absolute Gasteiger partial charge is 0.497 e. The van der Waals surface area contributed by atoms with E-state index in [0.29, 0.717) is 0 Å². The number of ether oxygens (including phenoxy) is 1. The lowest BCUT2D eigenvalue weighted by Gasteiger charge is -2.34. The summed E-state index contributed by atoms with van der Waals surface area (Å²) in [6.07, 6.45) is 0.819. The second-order valence-electron chi connectivity index (χ2n) is 9.15. The maximum atomic E-state index is 12.8. The van der Waals surface area contributed by atoms with Gasteiger partial charge in [0.1, 0.15) is 5.75 Å². The molecule has 1 N–H and O–H groups in total. The molecule has 1 aliphatic rings. The van der Waals surface area contributed by atoms with Crippen molar-refractivity contribution in [2.24, 2.45) is 16.7 Å². The zero-order chi connectivity index (χ0) is 19.0. The molecular weight excluding hydrogens is 314 g/mol. The summed E-state index contributed by atoms with van der Waals surface area (Å²) in [5.41, 5.74) is 0.315. The third-order valence-corrected chi connectivity index (χ3v) is 4.80. The van der Waals surface area contributed by atoms with E-state index in [-0.39, 0.29) is 28.9 Å². The van der Waals surface area contributed by atoms with Gasteiger partial charge in [-0.15, -0.1) is 0 Å². The van der Waals surface area contributed by atoms with E-state index in [9.17, 15) is 9.59 Å². The smallest absolute Gasteiger partial charge is 0.224 e. The standard InChI is InChI=1S/C21H31NO3/c1-20(2,3)17(18(23)21(4,5)6)22-19(24)16-12-15(16)13-9-8-10-14(11-13)25-7/h8-11,15-17H,12H2,1-7H3,(H,22,24)/t15?,16-,17-/m1/s1. The van der Waals surface area contributed by atoms with E-state index >= 15 is 0 Å². The predicted octanol–water partition coefficient (Wildman–Crippen LogP) is 3.94. The van der Waals surface area contributed by atoms with Crippen LogP contribution in [0.15, 0.2) is 24.3 Å². The number of rotatable bonds is 5. The van der Waals surface area contributed by atoms with Crippen LogP contribution in [0, 0.1) is 16.7 Å². The number of hydrogen-bond donors (Lipinski definition) is 1. The van der Waals surface area contributed by atoms with Crippen molar-refractivity contribution in [3.63, 3.8) is 0 Å². The second kappa shape index (κ2) is 6.81. The van der Waals surface area contributed by atoms with Gasteiger partial charge in [0.25, 0.3) is 0 Å². The van der Waals surface area contributed by atoms with Crippen LogP contribution >= 0.6 is 0 Å². The SMILES string of the molecule is COc1cccc(C2C[C@H]2C(=O)N[C@H](C(=O)C(C)(C)C)C(C)(C)C)c1. The Balaban J connectivity index is 2.09. The molecule has 3 atom stereocenters. The highest BCUT2D eigenvalue weighted by Crippen LogP contribution is 2.48. The maximum Gasteiger partial charge on any atom is 0.224 e. The van der Waals surface area contributed by atoms with Gasteiger partial charge in [-0.1, -0.05) is 53.7 Å². The van der Waals surface area contributed by atoms with Gasteiger partial charge < -0.3 is 10.1 Å². The van der Waals surface area contributed by atoms with E-state index in [2.05, 4.69) is 5.32 Å². The molecule has 0 radical (unpaired) electrons. The van der Waals surface area contributed by atoms with Gasteiger partial charge in [-0.25, -0.2) is 0 Å². The summed E-state index contributed by atoms with van der Waals surface area (Å²) in [6, 6.07) is 7.38. The Morgan fingerprint density at radius 2 is 1.80 bits per heavy atom. The summed E-state index contributed by atoms with van der Waals surface area (Å²) in [5.74, 6) is 1.00. The number of methoxy groups -OCH3 is 1. The molecule has 4 heteroatoms. The van der Waals surface area contributed by atoms with E-state index in [4.69, 9.17) is 4.74 Å². The number of nitrogens with one attached hydrogen (secondary N) is 1. The number of benzene rings is 1. The van der Waals surface area contributed by atoms with Gasteiger partial charge in [0, 0.05) is 11.3 Å². The summed E-state index contributed by atoms with van der Waals surface area (Å²) >= 11 is 0. The van der Waals surface area contributed by atoms with Gasteiger partial charge in [-0.05, 0) is 35.4 Å². The van der Waals surface area contributed by atoms with E-state index in [1.165, 1.54) is 0 Å². The normalized spacial score (nSPS) is 21.4. The molecule has 4 nitrogen and oxygen atoms in total. The highest BCUT2D eigenvalue weighted by atomic mass is 16.5. The Kier molecular flexibility index (Phi) is 5.31. The van der Waals surface area contributed by atoms with Crippen LogP contribution in [0.5, 0.6) is 5.75 Å². The van der Waals surface area contributed by atoms with E-state index in [1.54, 1.807) is 7.11 Å². The lowest BCUT2D eigenvalue weighted by Crippen LogP contribution is -2.53. The van der Waals surface area contributed by atoms with E-state index in [0.717, 1.165) is 17.7 Å². The zero-order valence-electron chi connectivity index (χ0n) is 16.5. The third-order valence-electron chi connectivity index (χ3n) is 4.80. The molecule has 0 bridgehead atoms. The number of amides is 1. The van der Waals surface area contributed by atoms with Crippen molar-refractivity contribution < 1.29 is 14.3 Å². The molecule has 1 unspecified atom stereocenters. The third kappa shape index (κ3) is 4.62. The van der Waals surface area contributed by atoms with Crippen LogP contribution < -0.4 is 10.1 Å². The van der Waals surface area contributed by atoms with Crippen LogP contribution in [-0.4, -0.2) is 24.8 Å². The van der Waals surface area contributed by atoms with Gasteiger partial charge in [0.15, 0.2) is 5.78 Å². The summed E-state index contributed by atoms with van der Waals surface area (Å²) in [4.78, 5) is 25.5. The van der Waals surface area contributed by atoms with Crippen molar-refractivity contribution >= 4 is 11.7 Å². The molecule has 1 aromatic carbocycles. The Morgan fingerprint density at radius 3 is 2.32 bits per heavy atom. The first-order valence-electron chi connectivity index (χ1n) is 8.94. The molecule has 1 saturated carbocycles. The molecule has 0 saturated heterocycles. The molecule has 0 aliphatic heterocycles. The van der Waals surface area contributed by atoms with Crippen LogP contribution in [0.25, 0.3) is 0 Å². The minimum atomic E-state index is -0.485. The Morgan fingerprint density at radius 1 is 1.16 bits per heavy atom. The fraction of sp³-hybridized carbons (Fsp3) is 0.619. The molecular formula is C21H31NO3. The first-order valence-corrected chi connectivity index (χ1v) is 8.94. The van der Waals surface area contributed by atoms with E-state index in [1.807, 2.05) is 65.8 Å². The molecule has 0 spiro atoms. The van der Waals surface area contributed by atoms with Crippen molar-refractivity contribution in [1.29, 1.82) is 0 Å². The minimum absolute atomic E-state index is 0.0228. The molecule has 0 heterocycles. The van der Waals surface area contributed by atoms with Gasteiger partial charge in [-0.3, -0.25) is 9.59 Å². The Labute approximate surface area is 151 Å². The molecule has 138 valence electrons. The maximum absolute atomic E-state index is 12.8. The predicted molar refractivity (Wildman–Crippen MR) is 99.7 cm³/mol. The van der Waals surface area contributed by atoms with Crippen LogP contribution in [0.4, 0.5) is 0 Å². The van der Waals surface area contributed by atoms with Crippen molar-refractivity contribution in [1.82, 2.24) is 5.32 Å². The molecule has 1 aliphatic carbocycles. The number of ketones is 1. The van der Waals surface area contributed by atoms with Gasteiger partial charge in [0.2, 0.25) is 5.91 Å². The number of Topliss-reactive ketones (excluding diaryl/α,β-unsaturated/α-hetero) is 1. The molecule has 1 aromatic rings. The number of carbonyl (C=O) groups excluding carboxylic acids is 2. The molecule has 1 fully saturated rings. The topological polar surface area (TPSA) is 55.4 Å². The van der Waals surface area contributed by atoms with Gasteiger partial charge >= 0.3 is 0 Å². The summed E-state index contributed by atoms with van der Waals surface area (Å²) < 4.78 is 5.26. The summed E-state index contributed by atoms with van der Waals surface area (Å²) in [7, 11) is 1.64. The van der Waals surface area contributed by atoms with Gasteiger partial charge in [0.05, 0.1) is 13.2 Å². The zero-order valence-corrected chi connectivity index (χ0v) is 16.5. The highest BCUT2D eigenvalue weighted by molar-refractivity contribution is 5.94. The highest BCUT2D eigenvalue weighted by Gasteiger charge is 2.47. The van der Waals surface area contributed by atoms with Crippen molar-refractivity contribution in [2.75, 3.05) is 7.11 Å². The van der Waals surface area contributed by atoms with Crippen molar-refractivity contribution in [3.8, 4) is 5.75 Å². The number of carbonyl (C=O) groups is 2. The lowest BCUT2D eigenvalue weighted by atomic mass is 9.75. The monoisotopic (exact) mass is 345 g/mol. The van der Waals surface area contributed by atoms with Crippen LogP contribution in [0.1, 0.15) is 59.4 Å². The van der Waals surface area contributed by atoms with E-state index < -0.39 is 11.5 Å². The fourth-order valence-electron chi connectivity index (χ4n) is 3.08. The molecule has 25 heavy (non-hydrogen) atoms. The first kappa shape index (κ1) is 19.5. The fourth-order valence-corrected chi connectivity index (χ4v) is 3.08. The summed E-state index contributed by atoms with van der Waals surface area (Å²) in [6.45, 7) is 11.7. The van der Waals surface area contributed by atoms with Crippen LogP contribution in [0.3, 0.4) is 0 Å². The van der Waals surface area contributed by atoms with Crippen molar-refractivity contribution in [2.45, 2.75) is 59.9 Å². The van der Waals surface area contributed by atoms with Crippen molar-refractivity contribution in [3.05, 3.63) is 29.8 Å². The lowest BCUT2D eigenvalue weighted by molar-refractivity contribution is -0.135. The molecule has 2 rings (SSSR count). The molecule has 1 amide bonds. The quantitative estimate of drug-likeness (QED) is 0.879. The second-order valence-corrected chi connectivity index (χ2v) is 9.15. The van der Waals surface area contributed by atoms with Crippen LogP contribution in [0.2, 0.25) is 0 Å². The summed E-state index contributed by atoms with van der Waals surface area (Å²) in [5, 5.41) is 3.03. The number of hydrogen-bond acceptors (Lipinski definition) is 3.